The van der Waals surface area contributed by atoms with E-state index in [1.54, 1.807) is 31.1 Å². The van der Waals surface area contributed by atoms with Crippen LogP contribution in [0.1, 0.15) is 32.6 Å². The van der Waals surface area contributed by atoms with Crippen LogP contribution in [0, 0.1) is 5.92 Å². The predicted molar refractivity (Wildman–Crippen MR) is 123 cm³/mol. The van der Waals surface area contributed by atoms with Gasteiger partial charge in [-0.05, 0) is 31.4 Å². The minimum Gasteiger partial charge on any atom is -0.480 e. The first-order chi connectivity index (χ1) is 15.5. The van der Waals surface area contributed by atoms with E-state index < -0.39 is 0 Å². The third-order valence-electron chi connectivity index (χ3n) is 5.98. The van der Waals surface area contributed by atoms with E-state index >= 15 is 0 Å². The van der Waals surface area contributed by atoms with Crippen LogP contribution in [0.2, 0.25) is 5.02 Å². The number of amides is 1. The zero-order valence-corrected chi connectivity index (χ0v) is 19.1. The lowest BCUT2D eigenvalue weighted by Gasteiger charge is -2.36. The van der Waals surface area contributed by atoms with Gasteiger partial charge in [-0.15, -0.1) is 0 Å². The van der Waals surface area contributed by atoms with Gasteiger partial charge in [0.05, 0.1) is 12.2 Å². The van der Waals surface area contributed by atoms with Crippen LogP contribution < -0.4 is 10.2 Å². The van der Waals surface area contributed by atoms with Crippen LogP contribution in [0.3, 0.4) is 0 Å². The van der Waals surface area contributed by atoms with Gasteiger partial charge in [-0.2, -0.15) is 4.98 Å². The fourth-order valence-corrected chi connectivity index (χ4v) is 4.20. The average molecular weight is 458 g/mol. The molecule has 1 aliphatic carbocycles. The van der Waals surface area contributed by atoms with E-state index in [4.69, 9.17) is 16.3 Å². The Morgan fingerprint density at radius 1 is 1.28 bits per heavy atom. The van der Waals surface area contributed by atoms with Crippen LogP contribution in [0.4, 0.5) is 11.8 Å². The zero-order valence-electron chi connectivity index (χ0n) is 18.4. The van der Waals surface area contributed by atoms with Crippen LogP contribution in [-0.2, 0) is 14.3 Å². The highest BCUT2D eigenvalue weighted by molar-refractivity contribution is 6.32. The van der Waals surface area contributed by atoms with Gasteiger partial charge in [0, 0.05) is 38.2 Å². The highest BCUT2D eigenvalue weighted by Gasteiger charge is 2.34. The number of aromatic nitrogens is 2. The molecular formula is C23H28ClN5O3. The first kappa shape index (κ1) is 22.3. The maximum atomic E-state index is 12.6. The van der Waals surface area contributed by atoms with Crippen molar-refractivity contribution in [1.82, 2.24) is 14.9 Å². The van der Waals surface area contributed by atoms with Crippen LogP contribution >= 0.6 is 11.6 Å². The van der Waals surface area contributed by atoms with E-state index in [-0.39, 0.29) is 36.0 Å². The molecule has 3 aliphatic rings. The van der Waals surface area contributed by atoms with Gasteiger partial charge in [0.1, 0.15) is 11.6 Å². The molecule has 0 radical (unpaired) electrons. The average Bonchev–Trinajstić information content (AvgIpc) is 2.82. The Balaban J connectivity index is 1.52. The Bertz CT molecular complexity index is 984. The largest absolute Gasteiger partial charge is 0.480 e. The molecule has 0 bridgehead atoms. The van der Waals surface area contributed by atoms with Crippen LogP contribution in [0.5, 0.6) is 0 Å². The lowest BCUT2D eigenvalue weighted by molar-refractivity contribution is -0.133. The fraction of sp³-hybridized carbons (Fsp3) is 0.478. The summed E-state index contributed by atoms with van der Waals surface area (Å²) in [4.78, 5) is 37.1. The van der Waals surface area contributed by atoms with E-state index in [1.807, 2.05) is 18.2 Å². The summed E-state index contributed by atoms with van der Waals surface area (Å²) in [6.45, 7) is 3.57. The molecule has 9 heteroatoms. The van der Waals surface area contributed by atoms with Gasteiger partial charge < -0.3 is 19.9 Å². The maximum absolute atomic E-state index is 12.6. The summed E-state index contributed by atoms with van der Waals surface area (Å²) in [7, 11) is 1.74. The molecule has 8 nitrogen and oxygen atoms in total. The van der Waals surface area contributed by atoms with Crippen molar-refractivity contribution in [2.45, 2.75) is 38.6 Å². The van der Waals surface area contributed by atoms with Crippen molar-refractivity contribution in [1.29, 1.82) is 0 Å². The number of nitrogens with zero attached hydrogens (tertiary/aromatic N) is 4. The highest BCUT2D eigenvalue weighted by Crippen LogP contribution is 2.31. The fourth-order valence-electron chi connectivity index (χ4n) is 4.06. The number of hydrogen-bond donors (Lipinski definition) is 1. The molecule has 32 heavy (non-hydrogen) atoms. The minimum absolute atomic E-state index is 0.0483. The molecule has 1 amide bonds. The third kappa shape index (κ3) is 4.80. The molecule has 1 N–H and O–H groups in total. The number of rotatable bonds is 7. The summed E-state index contributed by atoms with van der Waals surface area (Å²) in [6.07, 6.45) is 13.2. The van der Waals surface area contributed by atoms with Gasteiger partial charge in [0.15, 0.2) is 17.4 Å². The number of Topliss-reactive ketones (excluding diaryl/α,β-unsaturated/α-hetero) is 1. The number of anilines is 2. The molecule has 4 rings (SSSR count). The molecule has 1 saturated heterocycles. The highest BCUT2D eigenvalue weighted by atomic mass is 35.5. The van der Waals surface area contributed by atoms with Crippen molar-refractivity contribution in [2.75, 3.05) is 37.0 Å². The van der Waals surface area contributed by atoms with Crippen molar-refractivity contribution in [3.05, 3.63) is 47.0 Å². The lowest BCUT2D eigenvalue weighted by Crippen LogP contribution is -2.45. The number of hydrogen-bond acceptors (Lipinski definition) is 7. The molecular weight excluding hydrogens is 430 g/mol. The lowest BCUT2D eigenvalue weighted by atomic mass is 9.89. The molecule has 2 aliphatic heterocycles. The number of fused-ring (bicyclic) bond motifs is 1. The molecule has 2 atom stereocenters. The number of halogens is 1. The number of ether oxygens (including phenoxy) is 1. The third-order valence-corrected chi connectivity index (χ3v) is 6.25. The molecule has 170 valence electrons. The van der Waals surface area contributed by atoms with Crippen molar-refractivity contribution < 1.29 is 14.3 Å². The van der Waals surface area contributed by atoms with Gasteiger partial charge in [-0.25, -0.2) is 4.98 Å². The SMILES string of the molecule is CCC(=O)COC1=CC2C=C(Nc3nc(N4CCCCC4)ncc3Cl)C=CC2N(C)C1=O. The number of likely N-dealkylation sites (N-methyl/N-ethyl adjacent to an activating group) is 1. The molecule has 0 saturated carbocycles. The molecule has 3 heterocycles. The van der Waals surface area contributed by atoms with Gasteiger partial charge >= 0.3 is 0 Å². The van der Waals surface area contributed by atoms with Crippen LogP contribution in [-0.4, -0.2) is 59.3 Å². The Labute approximate surface area is 193 Å². The number of piperidine rings is 1. The van der Waals surface area contributed by atoms with Gasteiger partial charge in [0.25, 0.3) is 5.91 Å². The monoisotopic (exact) mass is 457 g/mol. The van der Waals surface area contributed by atoms with Crippen molar-refractivity contribution in [3.8, 4) is 0 Å². The molecule has 2 unspecified atom stereocenters. The summed E-state index contributed by atoms with van der Waals surface area (Å²) in [5, 5.41) is 3.74. The Hall–Kier alpha value is -2.87. The van der Waals surface area contributed by atoms with E-state index in [1.165, 1.54) is 6.42 Å². The van der Waals surface area contributed by atoms with Crippen molar-refractivity contribution >= 4 is 35.1 Å². The molecule has 0 aromatic carbocycles. The van der Waals surface area contributed by atoms with E-state index in [2.05, 4.69) is 20.2 Å². The maximum Gasteiger partial charge on any atom is 0.288 e. The van der Waals surface area contributed by atoms with Crippen molar-refractivity contribution in [3.63, 3.8) is 0 Å². The molecule has 0 spiro atoms. The van der Waals surface area contributed by atoms with Crippen LogP contribution in [0.25, 0.3) is 0 Å². The van der Waals surface area contributed by atoms with Crippen LogP contribution in [0.15, 0.2) is 42.0 Å². The summed E-state index contributed by atoms with van der Waals surface area (Å²) < 4.78 is 5.52. The molecule has 1 aromatic heterocycles. The second-order valence-corrected chi connectivity index (χ2v) is 8.62. The van der Waals surface area contributed by atoms with E-state index in [9.17, 15) is 9.59 Å². The van der Waals surface area contributed by atoms with Gasteiger partial charge in [-0.3, -0.25) is 9.59 Å². The predicted octanol–water partition coefficient (Wildman–Crippen LogP) is 3.32. The smallest absolute Gasteiger partial charge is 0.288 e. The quantitative estimate of drug-likeness (QED) is 0.671. The Morgan fingerprint density at radius 2 is 2.06 bits per heavy atom. The first-order valence-electron chi connectivity index (χ1n) is 11.0. The Morgan fingerprint density at radius 3 is 2.81 bits per heavy atom. The molecule has 1 aromatic rings. The number of nitrogens with one attached hydrogen (secondary N) is 1. The summed E-state index contributed by atoms with van der Waals surface area (Å²) >= 11 is 6.37. The van der Waals surface area contributed by atoms with Gasteiger partial charge in [-0.1, -0.05) is 30.7 Å². The van der Waals surface area contributed by atoms with Gasteiger partial charge in [0.2, 0.25) is 5.95 Å². The topological polar surface area (TPSA) is 87.7 Å². The summed E-state index contributed by atoms with van der Waals surface area (Å²) in [5.74, 6) is 1.05. The first-order valence-corrected chi connectivity index (χ1v) is 11.4. The zero-order chi connectivity index (χ0) is 22.7. The Kier molecular flexibility index (Phi) is 6.79. The van der Waals surface area contributed by atoms with Crippen molar-refractivity contribution in [2.24, 2.45) is 5.92 Å². The van der Waals surface area contributed by atoms with E-state index in [0.717, 1.165) is 31.6 Å². The second-order valence-electron chi connectivity index (χ2n) is 8.22. The minimum atomic E-state index is -0.227. The number of ketones is 1. The molecule has 1 fully saturated rings. The number of carbonyl (C=O) groups is 2. The summed E-state index contributed by atoms with van der Waals surface area (Å²) in [6, 6.07) is -0.118. The number of carbonyl (C=O) groups excluding carboxylic acids is 2. The van der Waals surface area contributed by atoms with E-state index in [0.29, 0.717) is 23.2 Å². The standard InChI is InChI=1S/C23H28ClN5O3/c1-3-17(30)14-32-20-12-15-11-16(7-8-19(15)28(2)22(20)31)26-21-18(24)13-25-23(27-21)29-9-5-4-6-10-29/h7-8,11-13,15,19H,3-6,9-10,14H2,1-2H3,(H,25,26,27). The summed E-state index contributed by atoms with van der Waals surface area (Å²) in [5.41, 5.74) is 0.819. The number of allylic oxidation sites excluding steroid dienone is 1. The normalized spacial score (nSPS) is 22.8. The second kappa shape index (κ2) is 9.73.